The van der Waals surface area contributed by atoms with Gasteiger partial charge in [-0.25, -0.2) is 4.98 Å². The first-order valence-corrected chi connectivity index (χ1v) is 6.63. The lowest BCUT2D eigenvalue weighted by atomic mass is 10.1. The summed E-state index contributed by atoms with van der Waals surface area (Å²) in [5, 5.41) is 3.11. The molecular weight excluding hydrogens is 266 g/mol. The molecule has 0 saturated carbocycles. The van der Waals surface area contributed by atoms with Gasteiger partial charge in [0, 0.05) is 11.8 Å². The predicted octanol–water partition coefficient (Wildman–Crippen LogP) is 2.59. The van der Waals surface area contributed by atoms with Crippen LogP contribution in [0.1, 0.15) is 0 Å². The van der Waals surface area contributed by atoms with Gasteiger partial charge in [0.25, 0.3) is 0 Å². The molecule has 0 amide bonds. The number of nitrogens with one attached hydrogen (secondary N) is 1. The minimum absolute atomic E-state index is 0.0963. The highest BCUT2D eigenvalue weighted by atomic mass is 16.5. The molecule has 1 aromatic carbocycles. The Morgan fingerprint density at radius 1 is 1.19 bits per heavy atom. The smallest absolute Gasteiger partial charge is 0.325 e. The van der Waals surface area contributed by atoms with Crippen molar-refractivity contribution in [3.8, 4) is 11.3 Å². The number of imidazole rings is 1. The van der Waals surface area contributed by atoms with Gasteiger partial charge >= 0.3 is 5.97 Å². The molecule has 2 aromatic heterocycles. The second-order valence-corrected chi connectivity index (χ2v) is 4.53. The van der Waals surface area contributed by atoms with Gasteiger partial charge in [-0.2, -0.15) is 0 Å². The maximum absolute atomic E-state index is 11.4. The summed E-state index contributed by atoms with van der Waals surface area (Å²) in [6.45, 7) is 0.0963. The Kier molecular flexibility index (Phi) is 3.55. The lowest BCUT2D eigenvalue weighted by Crippen LogP contribution is -2.16. The Hall–Kier alpha value is -2.82. The van der Waals surface area contributed by atoms with E-state index < -0.39 is 0 Å². The van der Waals surface area contributed by atoms with Gasteiger partial charge in [-0.15, -0.1) is 0 Å². The van der Waals surface area contributed by atoms with Crippen molar-refractivity contribution in [1.82, 2.24) is 9.38 Å². The molecule has 0 spiro atoms. The minimum Gasteiger partial charge on any atom is -0.468 e. The molecule has 5 heteroatoms. The molecule has 106 valence electrons. The standard InChI is InChI=1S/C16H15N3O2/c1-21-14(20)11-17-16-15(12-7-3-2-4-8-12)18-13-9-5-6-10-19(13)16/h2-10,17H,11H2,1H3. The minimum atomic E-state index is -0.320. The zero-order chi connectivity index (χ0) is 14.7. The summed E-state index contributed by atoms with van der Waals surface area (Å²) in [7, 11) is 1.37. The van der Waals surface area contributed by atoms with E-state index in [4.69, 9.17) is 0 Å². The molecule has 1 N–H and O–H groups in total. The van der Waals surface area contributed by atoms with Gasteiger partial charge < -0.3 is 10.1 Å². The van der Waals surface area contributed by atoms with Gasteiger partial charge in [0.15, 0.2) is 0 Å². The molecule has 0 radical (unpaired) electrons. The van der Waals surface area contributed by atoms with E-state index in [1.807, 2.05) is 59.1 Å². The van der Waals surface area contributed by atoms with Crippen LogP contribution in [0.25, 0.3) is 16.9 Å². The molecule has 0 saturated heterocycles. The lowest BCUT2D eigenvalue weighted by molar-refractivity contribution is -0.138. The molecule has 21 heavy (non-hydrogen) atoms. The number of ether oxygens (including phenoxy) is 1. The van der Waals surface area contributed by atoms with Crippen molar-refractivity contribution in [3.63, 3.8) is 0 Å². The van der Waals surface area contributed by atoms with E-state index in [0.29, 0.717) is 0 Å². The van der Waals surface area contributed by atoms with E-state index >= 15 is 0 Å². The highest BCUT2D eigenvalue weighted by Gasteiger charge is 2.14. The topological polar surface area (TPSA) is 55.6 Å². The number of rotatable bonds is 4. The zero-order valence-corrected chi connectivity index (χ0v) is 11.6. The Bertz CT molecular complexity index is 766. The van der Waals surface area contributed by atoms with E-state index in [2.05, 4.69) is 15.0 Å². The Balaban J connectivity index is 2.08. The average molecular weight is 281 g/mol. The maximum Gasteiger partial charge on any atom is 0.325 e. The van der Waals surface area contributed by atoms with E-state index in [1.165, 1.54) is 7.11 Å². The molecule has 0 atom stereocenters. The highest BCUT2D eigenvalue weighted by molar-refractivity contribution is 5.80. The molecule has 0 aliphatic heterocycles. The number of carbonyl (C=O) groups excluding carboxylic acids is 1. The third-order valence-electron chi connectivity index (χ3n) is 3.20. The van der Waals surface area contributed by atoms with Gasteiger partial charge in [-0.1, -0.05) is 36.4 Å². The number of benzene rings is 1. The molecule has 2 heterocycles. The van der Waals surface area contributed by atoms with Crippen LogP contribution in [-0.2, 0) is 9.53 Å². The number of methoxy groups -OCH3 is 1. The van der Waals surface area contributed by atoms with Crippen LogP contribution in [0.2, 0.25) is 0 Å². The number of hydrogen-bond donors (Lipinski definition) is 1. The number of hydrogen-bond acceptors (Lipinski definition) is 4. The molecule has 0 bridgehead atoms. The molecular formula is C16H15N3O2. The number of fused-ring (bicyclic) bond motifs is 1. The first-order valence-electron chi connectivity index (χ1n) is 6.63. The van der Waals surface area contributed by atoms with Crippen LogP contribution < -0.4 is 5.32 Å². The number of esters is 1. The number of anilines is 1. The summed E-state index contributed by atoms with van der Waals surface area (Å²) in [4.78, 5) is 16.0. The second-order valence-electron chi connectivity index (χ2n) is 4.53. The molecule has 3 aromatic rings. The van der Waals surface area contributed by atoms with Crippen molar-refractivity contribution in [2.24, 2.45) is 0 Å². The first-order chi connectivity index (χ1) is 10.3. The van der Waals surface area contributed by atoms with Crippen LogP contribution in [-0.4, -0.2) is 29.0 Å². The molecule has 5 nitrogen and oxygen atoms in total. The number of pyridine rings is 1. The van der Waals surface area contributed by atoms with Crippen molar-refractivity contribution in [3.05, 3.63) is 54.7 Å². The quantitative estimate of drug-likeness (QED) is 0.747. The first kappa shape index (κ1) is 13.2. The van der Waals surface area contributed by atoms with Crippen LogP contribution in [0, 0.1) is 0 Å². The van der Waals surface area contributed by atoms with Gasteiger partial charge in [-0.3, -0.25) is 9.20 Å². The van der Waals surface area contributed by atoms with E-state index in [-0.39, 0.29) is 12.5 Å². The van der Waals surface area contributed by atoms with E-state index in [1.54, 1.807) is 0 Å². The SMILES string of the molecule is COC(=O)CNc1c(-c2ccccc2)nc2ccccn12. The highest BCUT2D eigenvalue weighted by Crippen LogP contribution is 2.28. The Morgan fingerprint density at radius 3 is 2.71 bits per heavy atom. The fourth-order valence-corrected chi connectivity index (χ4v) is 2.19. The average Bonchev–Trinajstić information content (AvgIpc) is 2.92. The Morgan fingerprint density at radius 2 is 1.95 bits per heavy atom. The largest absolute Gasteiger partial charge is 0.468 e. The Labute approximate surface area is 122 Å². The molecule has 0 aliphatic carbocycles. The van der Waals surface area contributed by atoms with Crippen LogP contribution >= 0.6 is 0 Å². The van der Waals surface area contributed by atoms with Crippen LogP contribution in [0.15, 0.2) is 54.7 Å². The maximum atomic E-state index is 11.4. The predicted molar refractivity (Wildman–Crippen MR) is 81.1 cm³/mol. The van der Waals surface area contributed by atoms with Crippen molar-refractivity contribution >= 4 is 17.4 Å². The molecule has 3 rings (SSSR count). The summed E-state index contributed by atoms with van der Waals surface area (Å²) in [5.41, 5.74) is 2.63. The monoisotopic (exact) mass is 281 g/mol. The van der Waals surface area contributed by atoms with Crippen molar-refractivity contribution in [1.29, 1.82) is 0 Å². The van der Waals surface area contributed by atoms with Crippen LogP contribution in [0.5, 0.6) is 0 Å². The summed E-state index contributed by atoms with van der Waals surface area (Å²) in [6.07, 6.45) is 1.91. The fraction of sp³-hybridized carbons (Fsp3) is 0.125. The third-order valence-corrected chi connectivity index (χ3v) is 3.20. The number of nitrogens with zero attached hydrogens (tertiary/aromatic N) is 2. The zero-order valence-electron chi connectivity index (χ0n) is 11.6. The van der Waals surface area contributed by atoms with Crippen molar-refractivity contribution in [2.75, 3.05) is 19.0 Å². The third kappa shape index (κ3) is 2.58. The molecule has 0 aliphatic rings. The normalized spacial score (nSPS) is 10.5. The summed E-state index contributed by atoms with van der Waals surface area (Å²) in [6, 6.07) is 15.6. The molecule has 0 fully saturated rings. The van der Waals surface area contributed by atoms with Gasteiger partial charge in [0.05, 0.1) is 7.11 Å². The van der Waals surface area contributed by atoms with E-state index in [9.17, 15) is 4.79 Å². The second kappa shape index (κ2) is 5.66. The summed E-state index contributed by atoms with van der Waals surface area (Å²) < 4.78 is 6.60. The van der Waals surface area contributed by atoms with Crippen molar-refractivity contribution in [2.45, 2.75) is 0 Å². The van der Waals surface area contributed by atoms with Crippen LogP contribution in [0.4, 0.5) is 5.82 Å². The van der Waals surface area contributed by atoms with Gasteiger partial charge in [0.1, 0.15) is 23.7 Å². The summed E-state index contributed by atoms with van der Waals surface area (Å²) >= 11 is 0. The van der Waals surface area contributed by atoms with Gasteiger partial charge in [-0.05, 0) is 12.1 Å². The molecule has 0 unspecified atom stereocenters. The van der Waals surface area contributed by atoms with Crippen LogP contribution in [0.3, 0.4) is 0 Å². The van der Waals surface area contributed by atoms with Crippen molar-refractivity contribution < 1.29 is 9.53 Å². The van der Waals surface area contributed by atoms with E-state index in [0.717, 1.165) is 22.7 Å². The fourth-order valence-electron chi connectivity index (χ4n) is 2.19. The summed E-state index contributed by atoms with van der Waals surface area (Å²) in [5.74, 6) is 0.460. The van der Waals surface area contributed by atoms with Gasteiger partial charge in [0.2, 0.25) is 0 Å². The number of carbonyl (C=O) groups is 1. The lowest BCUT2D eigenvalue weighted by Gasteiger charge is -2.07. The number of aromatic nitrogens is 2.